The van der Waals surface area contributed by atoms with Crippen LogP contribution in [0.25, 0.3) is 11.0 Å². The number of carboxylic acid groups (broad SMARTS) is 1. The number of carbonyl (C=O) groups is 1. The molecule has 0 amide bonds. The number of hydrogen-bond acceptors (Lipinski definition) is 3. The number of hydrogen-bond donors (Lipinski definition) is 2. The van der Waals surface area contributed by atoms with Crippen LogP contribution in [-0.4, -0.2) is 26.8 Å². The maximum atomic E-state index is 13.4. The van der Waals surface area contributed by atoms with Gasteiger partial charge in [0, 0.05) is 0 Å². The van der Waals surface area contributed by atoms with Crippen LogP contribution >= 0.6 is 11.8 Å². The molecule has 2 aromatic rings. The number of nitrogens with one attached hydrogen (secondary N) is 1. The number of thioether (sulfide) groups is 1. The lowest BCUT2D eigenvalue weighted by molar-refractivity contribution is 0.0698. The summed E-state index contributed by atoms with van der Waals surface area (Å²) in [4.78, 5) is 18.6. The van der Waals surface area contributed by atoms with Crippen molar-refractivity contribution < 1.29 is 14.3 Å². The molecule has 4 nitrogen and oxygen atoms in total. The minimum Gasteiger partial charge on any atom is -0.478 e. The van der Waals surface area contributed by atoms with Crippen LogP contribution in [0.4, 0.5) is 4.39 Å². The molecule has 100 valence electrons. The van der Waals surface area contributed by atoms with Crippen molar-refractivity contribution >= 4 is 28.8 Å². The second-order valence-electron chi connectivity index (χ2n) is 4.63. The number of fused-ring (bicyclic) bond motifs is 1. The first-order valence-electron chi connectivity index (χ1n) is 6.19. The highest BCUT2D eigenvalue weighted by Gasteiger charge is 2.21. The van der Waals surface area contributed by atoms with Crippen molar-refractivity contribution in [3.8, 4) is 0 Å². The summed E-state index contributed by atoms with van der Waals surface area (Å²) in [6, 6.07) is 2.31. The topological polar surface area (TPSA) is 66.0 Å². The van der Waals surface area contributed by atoms with Gasteiger partial charge in [-0.1, -0.05) is 6.42 Å². The fourth-order valence-corrected chi connectivity index (χ4v) is 3.63. The number of aromatic amines is 1. The predicted octanol–water partition coefficient (Wildman–Crippen LogP) is 3.36. The maximum Gasteiger partial charge on any atom is 0.338 e. The van der Waals surface area contributed by atoms with Crippen molar-refractivity contribution in [3.63, 3.8) is 0 Å². The third-order valence-corrected chi connectivity index (χ3v) is 4.67. The van der Waals surface area contributed by atoms with Crippen molar-refractivity contribution in [2.75, 3.05) is 5.75 Å². The lowest BCUT2D eigenvalue weighted by Crippen LogP contribution is -2.03. The Balaban J connectivity index is 2.09. The minimum absolute atomic E-state index is 0.0849. The van der Waals surface area contributed by atoms with Gasteiger partial charge in [0.05, 0.1) is 16.3 Å². The number of benzene rings is 1. The van der Waals surface area contributed by atoms with Gasteiger partial charge in [-0.05, 0) is 30.7 Å². The number of nitrogens with zero attached hydrogens (tertiary/aromatic N) is 1. The monoisotopic (exact) mass is 280 g/mol. The zero-order chi connectivity index (χ0) is 13.4. The summed E-state index contributed by atoms with van der Waals surface area (Å²) < 4.78 is 13.4. The molecule has 0 bridgehead atoms. The summed E-state index contributed by atoms with van der Waals surface area (Å²) in [6.45, 7) is 0. The van der Waals surface area contributed by atoms with Crippen LogP contribution in [0, 0.1) is 5.82 Å². The molecule has 0 saturated carbocycles. The molecule has 1 saturated heterocycles. The molecule has 1 aromatic carbocycles. The van der Waals surface area contributed by atoms with E-state index in [1.807, 2.05) is 11.8 Å². The van der Waals surface area contributed by atoms with Gasteiger partial charge in [-0.3, -0.25) is 0 Å². The average molecular weight is 280 g/mol. The summed E-state index contributed by atoms with van der Waals surface area (Å²) in [7, 11) is 0. The first-order chi connectivity index (χ1) is 9.15. The van der Waals surface area contributed by atoms with E-state index < -0.39 is 11.8 Å². The van der Waals surface area contributed by atoms with Gasteiger partial charge in [-0.15, -0.1) is 0 Å². The Morgan fingerprint density at radius 3 is 3.00 bits per heavy atom. The molecule has 0 spiro atoms. The van der Waals surface area contributed by atoms with Crippen LogP contribution in [0.1, 0.15) is 40.7 Å². The third-order valence-electron chi connectivity index (χ3n) is 3.28. The lowest BCUT2D eigenvalue weighted by atomic mass is 10.2. The van der Waals surface area contributed by atoms with Crippen LogP contribution in [0.3, 0.4) is 0 Å². The van der Waals surface area contributed by atoms with Gasteiger partial charge in [-0.25, -0.2) is 14.2 Å². The fraction of sp³-hybridized carbons (Fsp3) is 0.385. The van der Waals surface area contributed by atoms with Gasteiger partial charge in [0.25, 0.3) is 0 Å². The lowest BCUT2D eigenvalue weighted by Gasteiger charge is -2.18. The van der Waals surface area contributed by atoms with E-state index in [4.69, 9.17) is 5.11 Å². The average Bonchev–Trinajstić information content (AvgIpc) is 2.82. The molecule has 19 heavy (non-hydrogen) atoms. The van der Waals surface area contributed by atoms with Crippen LogP contribution in [0.15, 0.2) is 12.1 Å². The summed E-state index contributed by atoms with van der Waals surface area (Å²) in [5, 5.41) is 9.36. The van der Waals surface area contributed by atoms with E-state index in [1.165, 1.54) is 12.5 Å². The highest BCUT2D eigenvalue weighted by atomic mass is 32.2. The predicted molar refractivity (Wildman–Crippen MR) is 72.1 cm³/mol. The molecule has 2 N–H and O–H groups in total. The maximum absolute atomic E-state index is 13.4. The summed E-state index contributed by atoms with van der Waals surface area (Å²) in [5.74, 6) is 0.130. The van der Waals surface area contributed by atoms with E-state index in [-0.39, 0.29) is 10.8 Å². The smallest absolute Gasteiger partial charge is 0.338 e. The number of imidazole rings is 1. The van der Waals surface area contributed by atoms with Crippen molar-refractivity contribution in [3.05, 3.63) is 29.3 Å². The molecule has 0 radical (unpaired) electrons. The third kappa shape index (κ3) is 2.32. The molecule has 1 aliphatic rings. The summed E-state index contributed by atoms with van der Waals surface area (Å²) >= 11 is 1.82. The van der Waals surface area contributed by atoms with Crippen LogP contribution < -0.4 is 0 Å². The number of halogens is 1. The second-order valence-corrected chi connectivity index (χ2v) is 5.94. The van der Waals surface area contributed by atoms with Crippen LogP contribution in [0.2, 0.25) is 0 Å². The van der Waals surface area contributed by atoms with Crippen molar-refractivity contribution in [2.45, 2.75) is 24.5 Å². The van der Waals surface area contributed by atoms with Gasteiger partial charge < -0.3 is 10.1 Å². The van der Waals surface area contributed by atoms with Crippen molar-refractivity contribution in [2.24, 2.45) is 0 Å². The highest BCUT2D eigenvalue weighted by Crippen LogP contribution is 2.37. The quantitative estimate of drug-likeness (QED) is 0.885. The van der Waals surface area contributed by atoms with E-state index in [0.717, 1.165) is 30.5 Å². The Hall–Kier alpha value is -1.56. The molecule has 3 rings (SSSR count). The summed E-state index contributed by atoms with van der Waals surface area (Å²) in [6.07, 6.45) is 3.38. The molecular weight excluding hydrogens is 267 g/mol. The van der Waals surface area contributed by atoms with Gasteiger partial charge in [0.2, 0.25) is 0 Å². The van der Waals surface area contributed by atoms with Crippen LogP contribution in [0.5, 0.6) is 0 Å². The van der Waals surface area contributed by atoms with Gasteiger partial charge >= 0.3 is 5.97 Å². The Labute approximate surface area is 113 Å². The standard InChI is InChI=1S/C13H13FN2O2S/c14-7-5-8(13(17)18)11-9(6-7)15-12(16-11)10-3-1-2-4-19-10/h5-6,10H,1-4H2,(H,15,16)(H,17,18). The number of carboxylic acids is 1. The zero-order valence-corrected chi connectivity index (χ0v) is 11.0. The molecule has 0 aliphatic carbocycles. The largest absolute Gasteiger partial charge is 0.478 e. The number of aromatic carboxylic acids is 1. The molecule has 6 heteroatoms. The highest BCUT2D eigenvalue weighted by molar-refractivity contribution is 7.99. The molecule has 2 heterocycles. The van der Waals surface area contributed by atoms with E-state index >= 15 is 0 Å². The van der Waals surface area contributed by atoms with Crippen molar-refractivity contribution in [1.82, 2.24) is 9.97 Å². The summed E-state index contributed by atoms with van der Waals surface area (Å²) in [5.41, 5.74) is 0.715. The molecule has 1 atom stereocenters. The Bertz CT molecular complexity index is 635. The normalized spacial score (nSPS) is 19.7. The first kappa shape index (κ1) is 12.5. The van der Waals surface area contributed by atoms with E-state index in [9.17, 15) is 9.18 Å². The van der Waals surface area contributed by atoms with Crippen LogP contribution in [-0.2, 0) is 0 Å². The van der Waals surface area contributed by atoms with E-state index in [0.29, 0.717) is 11.0 Å². The van der Waals surface area contributed by atoms with Gasteiger partial charge in [-0.2, -0.15) is 11.8 Å². The Kier molecular flexibility index (Phi) is 3.18. The van der Waals surface area contributed by atoms with Gasteiger partial charge in [0.15, 0.2) is 0 Å². The second kappa shape index (κ2) is 4.85. The molecule has 1 aromatic heterocycles. The minimum atomic E-state index is -1.15. The van der Waals surface area contributed by atoms with Gasteiger partial charge in [0.1, 0.15) is 17.2 Å². The molecular formula is C13H13FN2O2S. The Morgan fingerprint density at radius 2 is 2.32 bits per heavy atom. The number of H-pyrrole nitrogens is 1. The molecule has 1 unspecified atom stereocenters. The zero-order valence-electron chi connectivity index (χ0n) is 10.1. The molecule has 1 fully saturated rings. The fourth-order valence-electron chi connectivity index (χ4n) is 2.37. The molecule has 1 aliphatic heterocycles. The number of aromatic nitrogens is 2. The first-order valence-corrected chi connectivity index (χ1v) is 7.24. The van der Waals surface area contributed by atoms with Crippen molar-refractivity contribution in [1.29, 1.82) is 0 Å². The SMILES string of the molecule is O=C(O)c1cc(F)cc2[nH]c(C3CCCCS3)nc12. The Morgan fingerprint density at radius 1 is 1.47 bits per heavy atom. The van der Waals surface area contributed by atoms with E-state index in [1.54, 1.807) is 0 Å². The van der Waals surface area contributed by atoms with E-state index in [2.05, 4.69) is 9.97 Å². The number of rotatable bonds is 2.